The van der Waals surface area contributed by atoms with Crippen molar-refractivity contribution in [3.63, 3.8) is 0 Å². The number of aromatic carboxylic acids is 1. The van der Waals surface area contributed by atoms with E-state index in [0.717, 1.165) is 5.56 Å². The van der Waals surface area contributed by atoms with Crippen LogP contribution in [0.2, 0.25) is 0 Å². The van der Waals surface area contributed by atoms with Crippen molar-refractivity contribution >= 4 is 33.7 Å². The number of nitrogens with zero attached hydrogens (tertiary/aromatic N) is 2. The van der Waals surface area contributed by atoms with Gasteiger partial charge in [0.2, 0.25) is 5.95 Å². The summed E-state index contributed by atoms with van der Waals surface area (Å²) >= 11 is 0. The number of hydrogen-bond acceptors (Lipinski definition) is 5. The molecule has 0 atom stereocenters. The Morgan fingerprint density at radius 1 is 1.25 bits per heavy atom. The molecule has 0 bridgehead atoms. The fourth-order valence-corrected chi connectivity index (χ4v) is 2.79. The van der Waals surface area contributed by atoms with Gasteiger partial charge in [0, 0.05) is 34.2 Å². The number of hydrogen-bond donors (Lipinski definition) is 4. The van der Waals surface area contributed by atoms with Crippen molar-refractivity contribution < 1.29 is 9.90 Å². The van der Waals surface area contributed by atoms with Crippen LogP contribution in [0.3, 0.4) is 0 Å². The Balaban J connectivity index is 2.10. The zero-order valence-electron chi connectivity index (χ0n) is 12.2. The first-order valence-electron chi connectivity index (χ1n) is 7.04. The average Bonchev–Trinajstić information content (AvgIpc) is 3.01. The van der Waals surface area contributed by atoms with Crippen molar-refractivity contribution in [1.82, 2.24) is 19.9 Å². The van der Waals surface area contributed by atoms with Gasteiger partial charge in [-0.15, -0.1) is 0 Å². The second-order valence-electron chi connectivity index (χ2n) is 5.27. The van der Waals surface area contributed by atoms with Gasteiger partial charge in [0.05, 0.1) is 11.3 Å². The highest BCUT2D eigenvalue weighted by Crippen LogP contribution is 2.28. The Morgan fingerprint density at radius 2 is 2.08 bits per heavy atom. The van der Waals surface area contributed by atoms with Crippen LogP contribution in [0.25, 0.3) is 33.1 Å². The quantitative estimate of drug-likeness (QED) is 0.444. The molecule has 3 heterocycles. The van der Waals surface area contributed by atoms with E-state index < -0.39 is 5.97 Å². The van der Waals surface area contributed by atoms with Crippen LogP contribution in [0.15, 0.2) is 41.5 Å². The monoisotopic (exact) mass is 321 g/mol. The van der Waals surface area contributed by atoms with Crippen molar-refractivity contribution in [2.24, 2.45) is 0 Å². The number of carboxylic acid groups (broad SMARTS) is 1. The SMILES string of the molecule is Nc1nccc(-c2ccc3[nH]c(=O)c4[nH]cc(C(=O)O)c4c3c2)n1. The number of carboxylic acids is 1. The lowest BCUT2D eigenvalue weighted by Gasteiger charge is -2.06. The van der Waals surface area contributed by atoms with Gasteiger partial charge in [-0.1, -0.05) is 6.07 Å². The fourth-order valence-electron chi connectivity index (χ4n) is 2.79. The zero-order chi connectivity index (χ0) is 16.8. The van der Waals surface area contributed by atoms with Gasteiger partial charge in [-0.2, -0.15) is 0 Å². The van der Waals surface area contributed by atoms with E-state index in [-0.39, 0.29) is 22.6 Å². The molecule has 8 nitrogen and oxygen atoms in total. The summed E-state index contributed by atoms with van der Waals surface area (Å²) in [6, 6.07) is 6.96. The molecule has 118 valence electrons. The van der Waals surface area contributed by atoms with E-state index in [0.29, 0.717) is 22.0 Å². The summed E-state index contributed by atoms with van der Waals surface area (Å²) in [5.74, 6) is -0.961. The van der Waals surface area contributed by atoms with Crippen LogP contribution in [0.4, 0.5) is 5.95 Å². The van der Waals surface area contributed by atoms with E-state index in [1.807, 2.05) is 0 Å². The minimum Gasteiger partial charge on any atom is -0.478 e. The molecular formula is C16H11N5O3. The van der Waals surface area contributed by atoms with Gasteiger partial charge in [0.1, 0.15) is 5.52 Å². The number of benzene rings is 1. The van der Waals surface area contributed by atoms with Crippen molar-refractivity contribution in [1.29, 1.82) is 0 Å². The maximum Gasteiger partial charge on any atom is 0.337 e. The Labute approximate surface area is 134 Å². The number of pyridine rings is 1. The van der Waals surface area contributed by atoms with Crippen LogP contribution in [0.1, 0.15) is 10.4 Å². The van der Waals surface area contributed by atoms with Gasteiger partial charge in [0.15, 0.2) is 0 Å². The number of fused-ring (bicyclic) bond motifs is 3. The predicted molar refractivity (Wildman–Crippen MR) is 88.8 cm³/mol. The van der Waals surface area contributed by atoms with Crippen LogP contribution in [-0.4, -0.2) is 31.0 Å². The first kappa shape index (κ1) is 13.9. The molecule has 0 aliphatic rings. The molecule has 0 spiro atoms. The number of aromatic amines is 2. The van der Waals surface area contributed by atoms with Gasteiger partial charge < -0.3 is 20.8 Å². The van der Waals surface area contributed by atoms with Crippen molar-refractivity contribution in [3.8, 4) is 11.3 Å². The third-order valence-electron chi connectivity index (χ3n) is 3.84. The maximum absolute atomic E-state index is 12.1. The summed E-state index contributed by atoms with van der Waals surface area (Å²) < 4.78 is 0. The number of carbonyl (C=O) groups is 1. The van der Waals surface area contributed by atoms with Crippen LogP contribution in [0, 0.1) is 0 Å². The number of nitrogens with one attached hydrogen (secondary N) is 2. The molecule has 0 aliphatic heterocycles. The maximum atomic E-state index is 12.1. The number of nitrogens with two attached hydrogens (primary N) is 1. The standard InChI is InChI=1S/C16H11N5O3/c17-16-18-4-3-10(21-16)7-1-2-11-8(5-7)12-9(15(23)24)6-19-13(12)14(22)20-11/h1-6,19H,(H,20,22)(H,23,24)(H2,17,18,21). The van der Waals surface area contributed by atoms with Crippen molar-refractivity contribution in [3.05, 3.63) is 52.6 Å². The third kappa shape index (κ3) is 2.01. The van der Waals surface area contributed by atoms with Crippen LogP contribution >= 0.6 is 0 Å². The lowest BCUT2D eigenvalue weighted by Crippen LogP contribution is -2.07. The summed E-state index contributed by atoms with van der Waals surface area (Å²) in [6.07, 6.45) is 2.86. The summed E-state index contributed by atoms with van der Waals surface area (Å²) in [4.78, 5) is 37.1. The van der Waals surface area contributed by atoms with E-state index in [2.05, 4.69) is 19.9 Å². The van der Waals surface area contributed by atoms with Gasteiger partial charge >= 0.3 is 5.97 Å². The topological polar surface area (TPSA) is 138 Å². The molecule has 0 saturated heterocycles. The molecule has 0 unspecified atom stereocenters. The minimum absolute atomic E-state index is 0.0421. The summed E-state index contributed by atoms with van der Waals surface area (Å²) in [6.45, 7) is 0. The summed E-state index contributed by atoms with van der Waals surface area (Å²) in [5, 5.41) is 10.4. The van der Waals surface area contributed by atoms with Gasteiger partial charge in [0.25, 0.3) is 5.56 Å². The summed E-state index contributed by atoms with van der Waals surface area (Å²) in [5.41, 5.74) is 7.39. The second-order valence-corrected chi connectivity index (χ2v) is 5.27. The molecule has 0 saturated carbocycles. The molecule has 0 amide bonds. The highest BCUT2D eigenvalue weighted by molar-refractivity contribution is 6.15. The van der Waals surface area contributed by atoms with Crippen LogP contribution in [0.5, 0.6) is 0 Å². The fraction of sp³-hybridized carbons (Fsp3) is 0. The Bertz CT molecular complexity index is 1180. The first-order chi connectivity index (χ1) is 11.5. The van der Waals surface area contributed by atoms with Crippen molar-refractivity contribution in [2.75, 3.05) is 5.73 Å². The highest BCUT2D eigenvalue weighted by atomic mass is 16.4. The molecule has 3 aromatic heterocycles. The van der Waals surface area contributed by atoms with E-state index in [1.54, 1.807) is 30.5 Å². The molecule has 1 aromatic carbocycles. The third-order valence-corrected chi connectivity index (χ3v) is 3.84. The Kier molecular flexibility index (Phi) is 2.86. The lowest BCUT2D eigenvalue weighted by molar-refractivity contribution is 0.0699. The molecule has 0 fully saturated rings. The van der Waals surface area contributed by atoms with E-state index in [4.69, 9.17) is 5.73 Å². The number of nitrogen functional groups attached to an aromatic ring is 1. The number of aromatic nitrogens is 4. The Hall–Kier alpha value is -3.68. The molecule has 4 rings (SSSR count). The molecule has 5 N–H and O–H groups in total. The molecule has 8 heteroatoms. The van der Waals surface area contributed by atoms with Crippen molar-refractivity contribution in [2.45, 2.75) is 0 Å². The molecule has 0 radical (unpaired) electrons. The number of rotatable bonds is 2. The van der Waals surface area contributed by atoms with Crippen LogP contribution < -0.4 is 11.3 Å². The minimum atomic E-state index is -1.11. The van der Waals surface area contributed by atoms with Gasteiger partial charge in [-0.25, -0.2) is 14.8 Å². The highest BCUT2D eigenvalue weighted by Gasteiger charge is 2.16. The largest absolute Gasteiger partial charge is 0.478 e. The summed E-state index contributed by atoms with van der Waals surface area (Å²) in [7, 11) is 0. The zero-order valence-corrected chi connectivity index (χ0v) is 12.2. The number of H-pyrrole nitrogens is 2. The molecule has 4 aromatic rings. The molecular weight excluding hydrogens is 310 g/mol. The van der Waals surface area contributed by atoms with Gasteiger partial charge in [-0.05, 0) is 18.2 Å². The van der Waals surface area contributed by atoms with E-state index >= 15 is 0 Å². The van der Waals surface area contributed by atoms with Crippen LogP contribution in [-0.2, 0) is 0 Å². The first-order valence-corrected chi connectivity index (χ1v) is 7.04. The molecule has 24 heavy (non-hydrogen) atoms. The van der Waals surface area contributed by atoms with E-state index in [1.165, 1.54) is 6.20 Å². The number of anilines is 1. The average molecular weight is 321 g/mol. The van der Waals surface area contributed by atoms with Gasteiger partial charge in [-0.3, -0.25) is 4.79 Å². The lowest BCUT2D eigenvalue weighted by atomic mass is 10.0. The van der Waals surface area contributed by atoms with E-state index in [9.17, 15) is 14.7 Å². The smallest absolute Gasteiger partial charge is 0.337 e. The Morgan fingerprint density at radius 3 is 2.83 bits per heavy atom. The normalized spacial score (nSPS) is 11.2. The predicted octanol–water partition coefficient (Wildman–Crippen LogP) is 1.75. The second kappa shape index (κ2) is 4.92. The molecule has 0 aliphatic carbocycles.